The van der Waals surface area contributed by atoms with Crippen LogP contribution in [0.4, 0.5) is 0 Å². The van der Waals surface area contributed by atoms with E-state index in [1.807, 2.05) is 12.1 Å². The lowest BCUT2D eigenvalue weighted by molar-refractivity contribution is 0.578. The smallest absolute Gasteiger partial charge is 0.211 e. The normalized spacial score (nSPS) is 11.0. The van der Waals surface area contributed by atoms with Crippen LogP contribution in [0.25, 0.3) is 0 Å². The summed E-state index contributed by atoms with van der Waals surface area (Å²) in [5.41, 5.74) is 0.759. The number of nitrogens with one attached hydrogen (secondary N) is 1. The minimum absolute atomic E-state index is 0.0244. The SMILES string of the molecule is N#CCCCNS(=O)(=O)CCc1ccccn1. The van der Waals surface area contributed by atoms with Crippen LogP contribution in [0, 0.1) is 11.3 Å². The topological polar surface area (TPSA) is 82.9 Å². The van der Waals surface area contributed by atoms with Crippen molar-refractivity contribution < 1.29 is 8.42 Å². The molecular weight excluding hydrogens is 238 g/mol. The lowest BCUT2D eigenvalue weighted by Crippen LogP contribution is -2.28. The van der Waals surface area contributed by atoms with Gasteiger partial charge in [0, 0.05) is 31.3 Å². The molecule has 0 fully saturated rings. The van der Waals surface area contributed by atoms with E-state index in [0.29, 0.717) is 25.8 Å². The lowest BCUT2D eigenvalue weighted by atomic mass is 10.3. The van der Waals surface area contributed by atoms with Crippen LogP contribution in [0.1, 0.15) is 18.5 Å². The largest absolute Gasteiger partial charge is 0.261 e. The highest BCUT2D eigenvalue weighted by atomic mass is 32.2. The van der Waals surface area contributed by atoms with E-state index in [1.165, 1.54) is 0 Å². The second kappa shape index (κ2) is 6.99. The molecule has 92 valence electrons. The molecule has 0 bridgehead atoms. The van der Waals surface area contributed by atoms with Gasteiger partial charge in [0.05, 0.1) is 11.8 Å². The number of nitriles is 1. The standard InChI is InChI=1S/C11H15N3O2S/c12-7-2-4-9-14-17(15,16)10-6-11-5-1-3-8-13-11/h1,3,5,8,14H,2,4,6,9-10H2. The molecule has 0 aromatic carbocycles. The first-order valence-electron chi connectivity index (χ1n) is 5.38. The Morgan fingerprint density at radius 3 is 2.88 bits per heavy atom. The molecule has 0 aliphatic heterocycles. The second-order valence-electron chi connectivity index (χ2n) is 3.55. The molecule has 0 unspecified atom stereocenters. The average molecular weight is 253 g/mol. The van der Waals surface area contributed by atoms with E-state index in [9.17, 15) is 8.42 Å². The number of aromatic nitrogens is 1. The van der Waals surface area contributed by atoms with Crippen LogP contribution in [0.5, 0.6) is 0 Å². The molecule has 5 nitrogen and oxygen atoms in total. The molecule has 6 heteroatoms. The zero-order chi connectivity index (χ0) is 12.6. The first-order valence-corrected chi connectivity index (χ1v) is 7.03. The Labute approximate surface area is 102 Å². The zero-order valence-corrected chi connectivity index (χ0v) is 10.3. The van der Waals surface area contributed by atoms with Gasteiger partial charge in [-0.3, -0.25) is 4.98 Å². The summed E-state index contributed by atoms with van der Waals surface area (Å²) in [4.78, 5) is 4.06. The first kappa shape index (κ1) is 13.6. The Hall–Kier alpha value is -1.45. The van der Waals surface area contributed by atoms with E-state index < -0.39 is 10.0 Å². The summed E-state index contributed by atoms with van der Waals surface area (Å²) in [7, 11) is -3.26. The predicted octanol–water partition coefficient (Wildman–Crippen LogP) is 0.847. The summed E-state index contributed by atoms with van der Waals surface area (Å²) in [5, 5.41) is 8.31. The molecule has 17 heavy (non-hydrogen) atoms. The van der Waals surface area contributed by atoms with Gasteiger partial charge < -0.3 is 0 Å². The fraction of sp³-hybridized carbons (Fsp3) is 0.455. The summed E-state index contributed by atoms with van der Waals surface area (Å²) in [6.45, 7) is 0.318. The monoisotopic (exact) mass is 253 g/mol. The summed E-state index contributed by atoms with van der Waals surface area (Å²) in [5.74, 6) is 0.0244. The molecule has 0 atom stereocenters. The Kier molecular flexibility index (Phi) is 5.60. The molecule has 0 spiro atoms. The molecule has 1 heterocycles. The fourth-order valence-electron chi connectivity index (χ4n) is 1.25. The van der Waals surface area contributed by atoms with Crippen LogP contribution in [0.2, 0.25) is 0 Å². The fourth-order valence-corrected chi connectivity index (χ4v) is 2.33. The van der Waals surface area contributed by atoms with Crippen molar-refractivity contribution in [3.8, 4) is 6.07 Å². The molecule has 0 saturated carbocycles. The maximum Gasteiger partial charge on any atom is 0.211 e. The number of aryl methyl sites for hydroxylation is 1. The van der Waals surface area contributed by atoms with Gasteiger partial charge in [0.1, 0.15) is 0 Å². The van der Waals surface area contributed by atoms with Crippen LogP contribution in [0.3, 0.4) is 0 Å². The lowest BCUT2D eigenvalue weighted by Gasteiger charge is -2.05. The predicted molar refractivity (Wildman–Crippen MR) is 64.6 cm³/mol. The maximum absolute atomic E-state index is 11.5. The Bertz CT molecular complexity index is 465. The first-order chi connectivity index (χ1) is 8.14. The highest BCUT2D eigenvalue weighted by molar-refractivity contribution is 7.89. The van der Waals surface area contributed by atoms with Gasteiger partial charge in [-0.25, -0.2) is 13.1 Å². The third-order valence-electron chi connectivity index (χ3n) is 2.14. The van der Waals surface area contributed by atoms with E-state index in [-0.39, 0.29) is 5.75 Å². The molecule has 0 saturated heterocycles. The van der Waals surface area contributed by atoms with E-state index in [2.05, 4.69) is 9.71 Å². The number of pyridine rings is 1. The molecule has 1 N–H and O–H groups in total. The quantitative estimate of drug-likeness (QED) is 0.730. The Morgan fingerprint density at radius 2 is 2.24 bits per heavy atom. The molecular formula is C11H15N3O2S. The van der Waals surface area contributed by atoms with Gasteiger partial charge in [0.25, 0.3) is 0 Å². The van der Waals surface area contributed by atoms with Gasteiger partial charge in [-0.05, 0) is 18.6 Å². The van der Waals surface area contributed by atoms with Crippen molar-refractivity contribution in [1.29, 1.82) is 5.26 Å². The van der Waals surface area contributed by atoms with E-state index in [4.69, 9.17) is 5.26 Å². The number of nitrogens with zero attached hydrogens (tertiary/aromatic N) is 2. The van der Waals surface area contributed by atoms with Crippen molar-refractivity contribution in [2.45, 2.75) is 19.3 Å². The third-order valence-corrected chi connectivity index (χ3v) is 3.53. The van der Waals surface area contributed by atoms with Crippen molar-refractivity contribution in [2.75, 3.05) is 12.3 Å². The number of hydrogen-bond donors (Lipinski definition) is 1. The Morgan fingerprint density at radius 1 is 1.41 bits per heavy atom. The molecule has 1 rings (SSSR count). The van der Waals surface area contributed by atoms with Gasteiger partial charge in [-0.1, -0.05) is 6.07 Å². The summed E-state index contributed by atoms with van der Waals surface area (Å²) in [6.07, 6.45) is 2.94. The molecule has 0 aliphatic carbocycles. The van der Waals surface area contributed by atoms with Gasteiger partial charge in [0.15, 0.2) is 0 Å². The van der Waals surface area contributed by atoms with Gasteiger partial charge in [-0.15, -0.1) is 0 Å². The van der Waals surface area contributed by atoms with Gasteiger partial charge in [0.2, 0.25) is 10.0 Å². The molecule has 0 radical (unpaired) electrons. The molecule has 1 aromatic rings. The number of unbranched alkanes of at least 4 members (excludes halogenated alkanes) is 1. The average Bonchev–Trinajstić information content (AvgIpc) is 2.34. The van der Waals surface area contributed by atoms with Crippen molar-refractivity contribution in [1.82, 2.24) is 9.71 Å². The van der Waals surface area contributed by atoms with Crippen LogP contribution in [0.15, 0.2) is 24.4 Å². The molecule has 1 aromatic heterocycles. The van der Waals surface area contributed by atoms with Gasteiger partial charge in [-0.2, -0.15) is 5.26 Å². The number of hydrogen-bond acceptors (Lipinski definition) is 4. The third kappa shape index (κ3) is 6.00. The van der Waals surface area contributed by atoms with Crippen LogP contribution >= 0.6 is 0 Å². The zero-order valence-electron chi connectivity index (χ0n) is 9.46. The van der Waals surface area contributed by atoms with Gasteiger partial charge >= 0.3 is 0 Å². The van der Waals surface area contributed by atoms with E-state index in [0.717, 1.165) is 5.69 Å². The van der Waals surface area contributed by atoms with E-state index >= 15 is 0 Å². The minimum atomic E-state index is -3.26. The molecule has 0 aliphatic rings. The van der Waals surface area contributed by atoms with Crippen LogP contribution in [-0.2, 0) is 16.4 Å². The minimum Gasteiger partial charge on any atom is -0.261 e. The maximum atomic E-state index is 11.5. The highest BCUT2D eigenvalue weighted by Crippen LogP contribution is 1.97. The van der Waals surface area contributed by atoms with E-state index in [1.54, 1.807) is 18.3 Å². The van der Waals surface area contributed by atoms with Crippen molar-refractivity contribution in [2.24, 2.45) is 0 Å². The second-order valence-corrected chi connectivity index (χ2v) is 5.47. The number of rotatable bonds is 7. The van der Waals surface area contributed by atoms with Crippen molar-refractivity contribution in [3.05, 3.63) is 30.1 Å². The highest BCUT2D eigenvalue weighted by Gasteiger charge is 2.09. The van der Waals surface area contributed by atoms with Crippen LogP contribution < -0.4 is 4.72 Å². The summed E-state index contributed by atoms with van der Waals surface area (Å²) >= 11 is 0. The number of sulfonamides is 1. The van der Waals surface area contributed by atoms with Crippen LogP contribution in [-0.4, -0.2) is 25.7 Å². The Balaban J connectivity index is 2.33. The van der Waals surface area contributed by atoms with Crippen molar-refractivity contribution in [3.63, 3.8) is 0 Å². The molecule has 0 amide bonds. The van der Waals surface area contributed by atoms with Crippen molar-refractivity contribution >= 4 is 10.0 Å². The summed E-state index contributed by atoms with van der Waals surface area (Å²) < 4.78 is 25.5. The summed E-state index contributed by atoms with van der Waals surface area (Å²) in [6, 6.07) is 7.38.